The van der Waals surface area contributed by atoms with E-state index in [1.165, 1.54) is 130 Å². The molecule has 0 saturated heterocycles. The molecule has 2 aromatic heterocycles. The quantitative estimate of drug-likeness (QED) is 0.121. The summed E-state index contributed by atoms with van der Waals surface area (Å²) in [5.74, 6) is 0. The second-order valence-electron chi connectivity index (χ2n) is 34.8. The summed E-state index contributed by atoms with van der Waals surface area (Å²) in [7, 11) is 0. The van der Waals surface area contributed by atoms with Gasteiger partial charge in [0, 0.05) is 86.3 Å². The number of aromatic nitrogens is 2. The van der Waals surface area contributed by atoms with E-state index in [1.807, 2.05) is 23.5 Å². The van der Waals surface area contributed by atoms with Crippen molar-refractivity contribution in [3.63, 3.8) is 0 Å². The summed E-state index contributed by atoms with van der Waals surface area (Å²) >= 11 is 3.77. The normalized spacial score (nSPS) is 13.3. The Kier molecular flexibility index (Phi) is 16.8. The van der Waals surface area contributed by atoms with Gasteiger partial charge in [-0.15, -0.1) is 0 Å². The van der Waals surface area contributed by atoms with Crippen LogP contribution in [0.1, 0.15) is 44.5 Å². The monoisotopic (exact) mass is 1690 g/mol. The minimum atomic E-state index is -0.730. The van der Waals surface area contributed by atoms with Gasteiger partial charge in [-0.25, -0.2) is 0 Å². The van der Waals surface area contributed by atoms with Crippen LogP contribution in [0.5, 0.6) is 0 Å². The van der Waals surface area contributed by atoms with Gasteiger partial charge < -0.3 is 18.9 Å². The van der Waals surface area contributed by atoms with Crippen LogP contribution < -0.4 is 9.80 Å². The summed E-state index contributed by atoms with van der Waals surface area (Å²) in [4.78, 5) is 10.1. The molecule has 2 aliphatic carbocycles. The zero-order valence-corrected chi connectivity index (χ0v) is 72.3. The Hall–Kier alpha value is -16.0. The molecule has 130 heavy (non-hydrogen) atoms. The van der Waals surface area contributed by atoms with Gasteiger partial charge >= 0.3 is 0 Å². The number of para-hydroxylation sites is 6. The highest BCUT2D eigenvalue weighted by molar-refractivity contribution is 7.99. The molecular formula is C124H78N4S2. The van der Waals surface area contributed by atoms with Crippen LogP contribution in [0.3, 0.4) is 0 Å². The molecule has 0 fully saturated rings. The van der Waals surface area contributed by atoms with E-state index >= 15 is 0 Å². The molecule has 27 rings (SSSR count). The van der Waals surface area contributed by atoms with E-state index in [0.717, 1.165) is 112 Å². The van der Waals surface area contributed by atoms with Crippen LogP contribution in [-0.2, 0) is 10.8 Å². The van der Waals surface area contributed by atoms with Crippen molar-refractivity contribution in [2.75, 3.05) is 9.80 Å². The Morgan fingerprint density at radius 2 is 0.569 bits per heavy atom. The summed E-state index contributed by atoms with van der Waals surface area (Å²) in [5, 5.41) is 9.75. The molecule has 23 aromatic rings. The van der Waals surface area contributed by atoms with Crippen LogP contribution in [0.15, 0.2) is 493 Å². The van der Waals surface area contributed by atoms with E-state index in [0.29, 0.717) is 0 Å². The lowest BCUT2D eigenvalue weighted by Gasteiger charge is -2.46. The fourth-order valence-electron chi connectivity index (χ4n) is 22.9. The van der Waals surface area contributed by atoms with E-state index in [9.17, 15) is 0 Å². The number of hydrogen-bond donors (Lipinski definition) is 0. The Morgan fingerprint density at radius 1 is 0.192 bits per heavy atom. The van der Waals surface area contributed by atoms with Gasteiger partial charge in [-0.05, 0) is 262 Å². The number of rotatable bonds is 12. The molecule has 0 atom stereocenters. The van der Waals surface area contributed by atoms with Crippen LogP contribution in [0, 0.1) is 0 Å². The first-order valence-corrected chi connectivity index (χ1v) is 46.5. The molecule has 6 heteroatoms. The fraction of sp³-hybridized carbons (Fsp3) is 0.0161. The lowest BCUT2D eigenvalue weighted by Crippen LogP contribution is -2.36. The molecule has 0 saturated carbocycles. The lowest BCUT2D eigenvalue weighted by molar-refractivity contribution is 0.707. The van der Waals surface area contributed by atoms with E-state index in [1.54, 1.807) is 0 Å². The summed E-state index contributed by atoms with van der Waals surface area (Å²) in [6, 6.07) is 179. The predicted octanol–water partition coefficient (Wildman–Crippen LogP) is 33.5. The molecule has 0 amide bonds. The van der Waals surface area contributed by atoms with E-state index in [2.05, 4.69) is 492 Å². The first-order chi connectivity index (χ1) is 64.5. The van der Waals surface area contributed by atoms with E-state index < -0.39 is 10.8 Å². The lowest BCUT2D eigenvalue weighted by atomic mass is 9.59. The van der Waals surface area contributed by atoms with Crippen LogP contribution in [0.2, 0.25) is 0 Å². The van der Waals surface area contributed by atoms with Crippen molar-refractivity contribution in [3.05, 3.63) is 518 Å². The second kappa shape index (κ2) is 29.3. The maximum Gasteiger partial charge on any atom is 0.0736 e. The molecule has 2 spiro atoms. The molecule has 0 radical (unpaired) electrons. The van der Waals surface area contributed by atoms with E-state index in [-0.39, 0.29) is 0 Å². The van der Waals surface area contributed by atoms with E-state index in [4.69, 9.17) is 0 Å². The van der Waals surface area contributed by atoms with Gasteiger partial charge in [0.1, 0.15) is 0 Å². The molecule has 4 nitrogen and oxygen atoms in total. The SMILES string of the molecule is c1ccc(-c2ccccc2N(c2ccc3c(c2)C2(c4ccccc4Sc4ccccc42)c2cccc4cc(-c5cccc(-c6ccccc6-n6c7ccccc7c7cc(N(c8ccc9c(c8)C8(c%10ccccc%10Sc%10ccccc%108)c8cccc%10cccc-9c8%10)c8ccccc8-c8ccccc8)ccc76)c5)cc-3c24)c2ccc3c(c2)c2ccccc2n3-c2ccccc2)cc1. The number of anilines is 6. The summed E-state index contributed by atoms with van der Waals surface area (Å²) in [5.41, 5.74) is 36.2. The minimum Gasteiger partial charge on any atom is -0.310 e. The maximum absolute atomic E-state index is 2.57. The van der Waals surface area contributed by atoms with Crippen molar-refractivity contribution in [2.24, 2.45) is 0 Å². The van der Waals surface area contributed by atoms with Gasteiger partial charge in [0.2, 0.25) is 0 Å². The third kappa shape index (κ3) is 11.0. The first kappa shape index (κ1) is 74.3. The number of nitrogens with zero attached hydrogens (tertiary/aromatic N) is 4. The highest BCUT2D eigenvalue weighted by atomic mass is 32.2. The molecule has 4 aliphatic rings. The Balaban J connectivity index is 0.627. The molecular weight excluding hydrogens is 1610 g/mol. The predicted molar refractivity (Wildman–Crippen MR) is 544 cm³/mol. The molecule has 2 aliphatic heterocycles. The maximum atomic E-state index is 2.57. The van der Waals surface area contributed by atoms with Crippen LogP contribution in [0.25, 0.3) is 143 Å². The van der Waals surface area contributed by atoms with Crippen molar-refractivity contribution < 1.29 is 0 Å². The van der Waals surface area contributed by atoms with Crippen LogP contribution >= 0.6 is 23.5 Å². The molecule has 606 valence electrons. The third-order valence-corrected chi connectivity index (χ3v) is 30.5. The second-order valence-corrected chi connectivity index (χ2v) is 36.9. The molecule has 4 heterocycles. The Bertz CT molecular complexity index is 8560. The summed E-state index contributed by atoms with van der Waals surface area (Å²) < 4.78 is 4.93. The topological polar surface area (TPSA) is 16.3 Å². The van der Waals surface area contributed by atoms with Gasteiger partial charge in [0.15, 0.2) is 0 Å². The first-order valence-electron chi connectivity index (χ1n) is 44.8. The number of hydrogen-bond acceptors (Lipinski definition) is 4. The van der Waals surface area contributed by atoms with Gasteiger partial charge in [-0.3, -0.25) is 0 Å². The number of benzene rings is 21. The van der Waals surface area contributed by atoms with Crippen molar-refractivity contribution >= 4 is 123 Å². The smallest absolute Gasteiger partial charge is 0.0736 e. The van der Waals surface area contributed by atoms with Crippen molar-refractivity contribution in [3.8, 4) is 78.1 Å². The fourth-order valence-corrected chi connectivity index (χ4v) is 25.3. The molecule has 0 bridgehead atoms. The van der Waals surface area contributed by atoms with Gasteiger partial charge in [-0.1, -0.05) is 351 Å². The van der Waals surface area contributed by atoms with Gasteiger partial charge in [0.25, 0.3) is 0 Å². The van der Waals surface area contributed by atoms with Crippen molar-refractivity contribution in [1.82, 2.24) is 9.13 Å². The minimum absolute atomic E-state index is 0.645. The Labute approximate surface area is 762 Å². The average molecular weight is 1690 g/mol. The Morgan fingerprint density at radius 3 is 1.12 bits per heavy atom. The van der Waals surface area contributed by atoms with Crippen LogP contribution in [0.4, 0.5) is 34.1 Å². The zero-order valence-electron chi connectivity index (χ0n) is 70.6. The standard InChI is InChI=1S/C124H78N4S2/c1-4-32-79(33-5-1)91-43-10-19-55-110(91)125(87-66-70-115-99(75-87)96-46-13-22-58-113(96)127(115)86-41-8-3-9-42-86)90-65-69-95-101-74-85(73-84-40-31-54-107(122(84)101)124(109(95)78-90)104-51-17-26-62-119(104)130-120-63-27-18-52-105(120)124)82-38-28-39-83(72-82)93-45-12-21-57-112(93)128-114-59-23-14-47-97(114)100-76-88(67-71-116(100)128)126(111-56-20-11-44-92(111)80-34-6-2-7-35-80)89-64-68-94-98-48-29-36-81-37-30-53-106(121(81)98)123(108(94)77-89)102-49-15-24-60-117(102)129-118-61-25-16-50-103(118)123/h1-78H. The van der Waals surface area contributed by atoms with Gasteiger partial charge in [0.05, 0.1) is 50.0 Å². The van der Waals surface area contributed by atoms with Crippen LogP contribution in [-0.4, -0.2) is 9.13 Å². The summed E-state index contributed by atoms with van der Waals surface area (Å²) in [6.45, 7) is 0. The summed E-state index contributed by atoms with van der Waals surface area (Å²) in [6.07, 6.45) is 0. The van der Waals surface area contributed by atoms with Gasteiger partial charge in [-0.2, -0.15) is 0 Å². The number of fused-ring (bicyclic) bond motifs is 22. The molecule has 21 aromatic carbocycles. The molecule has 0 unspecified atom stereocenters. The average Bonchev–Trinajstić information content (AvgIpc) is 0.995. The largest absolute Gasteiger partial charge is 0.310 e. The molecule has 0 N–H and O–H groups in total. The highest BCUT2D eigenvalue weighted by Gasteiger charge is 2.51. The van der Waals surface area contributed by atoms with Crippen molar-refractivity contribution in [1.29, 1.82) is 0 Å². The van der Waals surface area contributed by atoms with Crippen molar-refractivity contribution in [2.45, 2.75) is 30.4 Å². The highest BCUT2D eigenvalue weighted by Crippen LogP contribution is 2.65. The zero-order chi connectivity index (χ0) is 85.3. The third-order valence-electron chi connectivity index (χ3n) is 28.2.